The van der Waals surface area contributed by atoms with Gasteiger partial charge in [-0.15, -0.1) is 0 Å². The maximum absolute atomic E-state index is 12.6. The first-order chi connectivity index (χ1) is 9.45. The maximum atomic E-state index is 12.6. The third-order valence-corrected chi connectivity index (χ3v) is 5.21. The summed E-state index contributed by atoms with van der Waals surface area (Å²) in [5, 5.41) is 13.1. The lowest BCUT2D eigenvalue weighted by atomic mass is 9.74. The first-order valence-electron chi connectivity index (χ1n) is 7.86. The molecule has 2 saturated carbocycles. The maximum Gasteiger partial charge on any atom is 0.391 e. The molecule has 0 aromatic carbocycles. The Kier molecular flexibility index (Phi) is 5.35. The van der Waals surface area contributed by atoms with Gasteiger partial charge in [0.2, 0.25) is 0 Å². The van der Waals surface area contributed by atoms with Gasteiger partial charge < -0.3 is 10.4 Å². The molecule has 2 aliphatic carbocycles. The van der Waals surface area contributed by atoms with Crippen molar-refractivity contribution in [3.63, 3.8) is 0 Å². The van der Waals surface area contributed by atoms with Gasteiger partial charge in [0.25, 0.3) is 0 Å². The number of aliphatic hydroxyl groups is 1. The summed E-state index contributed by atoms with van der Waals surface area (Å²) in [6.07, 6.45) is 3.28. The molecule has 20 heavy (non-hydrogen) atoms. The molecular weight excluding hydrogens is 267 g/mol. The second-order valence-electron chi connectivity index (χ2n) is 6.69. The Morgan fingerprint density at radius 2 is 1.60 bits per heavy atom. The highest BCUT2D eigenvalue weighted by atomic mass is 19.4. The average Bonchev–Trinajstić information content (AvgIpc) is 2.46. The number of nitrogens with one attached hydrogen (secondary N) is 1. The van der Waals surface area contributed by atoms with Gasteiger partial charge in [-0.05, 0) is 38.5 Å². The van der Waals surface area contributed by atoms with Gasteiger partial charge >= 0.3 is 6.18 Å². The molecule has 0 heterocycles. The highest BCUT2D eigenvalue weighted by molar-refractivity contribution is 4.87. The topological polar surface area (TPSA) is 32.3 Å². The minimum absolute atomic E-state index is 0.0286. The molecule has 0 spiro atoms. The summed E-state index contributed by atoms with van der Waals surface area (Å²) < 4.78 is 37.8. The minimum atomic E-state index is -4.03. The van der Waals surface area contributed by atoms with Crippen molar-refractivity contribution in [1.82, 2.24) is 5.32 Å². The van der Waals surface area contributed by atoms with E-state index in [1.165, 1.54) is 6.42 Å². The lowest BCUT2D eigenvalue weighted by Crippen LogP contribution is -2.45. The summed E-state index contributed by atoms with van der Waals surface area (Å²) in [7, 11) is 0. The van der Waals surface area contributed by atoms with Crippen LogP contribution < -0.4 is 5.32 Å². The standard InChI is InChI=1S/C15H26F3NO/c16-15(17,18)12-4-6-13(7-5-12)19-10-14(11-20)8-2-1-3-9-14/h12-13,19-20H,1-11H2. The van der Waals surface area contributed by atoms with Gasteiger partial charge in [0.1, 0.15) is 0 Å². The van der Waals surface area contributed by atoms with Crippen LogP contribution in [0.15, 0.2) is 0 Å². The van der Waals surface area contributed by atoms with Crippen LogP contribution in [-0.2, 0) is 0 Å². The van der Waals surface area contributed by atoms with Crippen molar-refractivity contribution >= 4 is 0 Å². The van der Waals surface area contributed by atoms with Crippen LogP contribution in [0.1, 0.15) is 57.8 Å². The van der Waals surface area contributed by atoms with Gasteiger partial charge in [0, 0.05) is 24.6 Å². The average molecular weight is 293 g/mol. The highest BCUT2D eigenvalue weighted by Crippen LogP contribution is 2.39. The molecule has 0 aliphatic heterocycles. The van der Waals surface area contributed by atoms with Gasteiger partial charge in [-0.25, -0.2) is 0 Å². The Labute approximate surface area is 119 Å². The summed E-state index contributed by atoms with van der Waals surface area (Å²) >= 11 is 0. The lowest BCUT2D eigenvalue weighted by Gasteiger charge is -2.38. The predicted octanol–water partition coefficient (Wildman–Crippen LogP) is 3.64. The van der Waals surface area contributed by atoms with Crippen LogP contribution in [0.25, 0.3) is 0 Å². The molecule has 5 heteroatoms. The van der Waals surface area contributed by atoms with E-state index in [2.05, 4.69) is 5.32 Å². The first-order valence-corrected chi connectivity index (χ1v) is 7.86. The van der Waals surface area contributed by atoms with Gasteiger partial charge in [-0.2, -0.15) is 13.2 Å². The lowest BCUT2D eigenvalue weighted by molar-refractivity contribution is -0.182. The molecular formula is C15H26F3NO. The minimum Gasteiger partial charge on any atom is -0.396 e. The largest absolute Gasteiger partial charge is 0.396 e. The monoisotopic (exact) mass is 293 g/mol. The zero-order valence-corrected chi connectivity index (χ0v) is 12.0. The van der Waals surface area contributed by atoms with Crippen molar-refractivity contribution in [2.75, 3.05) is 13.2 Å². The summed E-state index contributed by atoms with van der Waals surface area (Å²) in [6.45, 7) is 0.947. The number of hydrogen-bond donors (Lipinski definition) is 2. The molecule has 2 aliphatic rings. The van der Waals surface area contributed by atoms with Gasteiger partial charge in [0.15, 0.2) is 0 Å². The zero-order valence-electron chi connectivity index (χ0n) is 12.0. The van der Waals surface area contributed by atoms with Crippen molar-refractivity contribution in [1.29, 1.82) is 0 Å². The normalized spacial score (nSPS) is 31.2. The third kappa shape index (κ3) is 4.10. The molecule has 2 nitrogen and oxygen atoms in total. The molecule has 0 amide bonds. The first kappa shape index (κ1) is 16.1. The van der Waals surface area contributed by atoms with Crippen molar-refractivity contribution in [3.8, 4) is 0 Å². The summed E-state index contributed by atoms with van der Waals surface area (Å²) in [5.41, 5.74) is -0.0286. The Hall–Kier alpha value is -0.290. The highest BCUT2D eigenvalue weighted by Gasteiger charge is 2.41. The van der Waals surface area contributed by atoms with E-state index in [1.807, 2.05) is 0 Å². The Morgan fingerprint density at radius 3 is 2.10 bits per heavy atom. The van der Waals surface area contributed by atoms with Gasteiger partial charge in [-0.3, -0.25) is 0 Å². The predicted molar refractivity (Wildman–Crippen MR) is 72.4 cm³/mol. The van der Waals surface area contributed by atoms with E-state index in [9.17, 15) is 18.3 Å². The van der Waals surface area contributed by atoms with Crippen LogP contribution in [-0.4, -0.2) is 30.5 Å². The summed E-state index contributed by atoms with van der Waals surface area (Å²) in [6, 6.07) is 0.193. The van der Waals surface area contributed by atoms with Crippen molar-refractivity contribution in [2.24, 2.45) is 11.3 Å². The Bertz CT molecular complexity index is 292. The molecule has 0 aromatic rings. The number of aliphatic hydroxyl groups excluding tert-OH is 1. The van der Waals surface area contributed by atoms with Crippen molar-refractivity contribution in [3.05, 3.63) is 0 Å². The molecule has 0 aromatic heterocycles. The summed E-state index contributed by atoms with van der Waals surface area (Å²) in [5.74, 6) is -1.11. The van der Waals surface area contributed by atoms with E-state index < -0.39 is 12.1 Å². The van der Waals surface area contributed by atoms with Crippen molar-refractivity contribution < 1.29 is 18.3 Å². The smallest absolute Gasteiger partial charge is 0.391 e. The fourth-order valence-electron chi connectivity index (χ4n) is 3.68. The van der Waals surface area contributed by atoms with E-state index in [0.717, 1.165) is 32.2 Å². The second-order valence-corrected chi connectivity index (χ2v) is 6.69. The molecule has 2 fully saturated rings. The molecule has 2 rings (SSSR count). The number of hydrogen-bond acceptors (Lipinski definition) is 2. The fraction of sp³-hybridized carbons (Fsp3) is 1.00. The second kappa shape index (κ2) is 6.65. The van der Waals surface area contributed by atoms with E-state index in [4.69, 9.17) is 0 Å². The van der Waals surface area contributed by atoms with Crippen LogP contribution >= 0.6 is 0 Å². The molecule has 0 radical (unpaired) electrons. The zero-order chi connectivity index (χ0) is 14.6. The molecule has 0 unspecified atom stereocenters. The number of rotatable bonds is 4. The van der Waals surface area contributed by atoms with Crippen molar-refractivity contribution in [2.45, 2.75) is 70.0 Å². The molecule has 0 saturated heterocycles. The fourth-order valence-corrected chi connectivity index (χ4v) is 3.68. The molecule has 118 valence electrons. The molecule has 0 bridgehead atoms. The quantitative estimate of drug-likeness (QED) is 0.829. The Balaban J connectivity index is 1.75. The van der Waals surface area contributed by atoms with Gasteiger partial charge in [0.05, 0.1) is 5.92 Å². The van der Waals surface area contributed by atoms with Crippen LogP contribution in [0.2, 0.25) is 0 Å². The van der Waals surface area contributed by atoms with E-state index in [1.54, 1.807) is 0 Å². The van der Waals surface area contributed by atoms with Crippen LogP contribution in [0.5, 0.6) is 0 Å². The summed E-state index contributed by atoms with van der Waals surface area (Å²) in [4.78, 5) is 0. The third-order valence-electron chi connectivity index (χ3n) is 5.21. The Morgan fingerprint density at radius 1 is 1.00 bits per heavy atom. The van der Waals surface area contributed by atoms with E-state index in [0.29, 0.717) is 12.8 Å². The van der Waals surface area contributed by atoms with Gasteiger partial charge in [-0.1, -0.05) is 19.3 Å². The van der Waals surface area contributed by atoms with E-state index >= 15 is 0 Å². The van der Waals surface area contributed by atoms with E-state index in [-0.39, 0.29) is 30.9 Å². The SMILES string of the molecule is OCC1(CNC2CCC(C(F)(F)F)CC2)CCCCC1. The molecule has 0 atom stereocenters. The number of halogens is 3. The molecule has 2 N–H and O–H groups in total. The van der Waals surface area contributed by atoms with Crippen LogP contribution in [0.4, 0.5) is 13.2 Å². The number of alkyl halides is 3. The van der Waals surface area contributed by atoms with Crippen LogP contribution in [0, 0.1) is 11.3 Å². The van der Waals surface area contributed by atoms with Crippen LogP contribution in [0.3, 0.4) is 0 Å².